The van der Waals surface area contributed by atoms with Gasteiger partial charge in [-0.25, -0.2) is 8.42 Å². The molecule has 0 saturated carbocycles. The van der Waals surface area contributed by atoms with Gasteiger partial charge in [0.05, 0.1) is 5.75 Å². The molecule has 0 aromatic heterocycles. The van der Waals surface area contributed by atoms with Gasteiger partial charge < -0.3 is 5.32 Å². The molecule has 0 aliphatic heterocycles. The summed E-state index contributed by atoms with van der Waals surface area (Å²) in [4.78, 5) is 24.5. The van der Waals surface area contributed by atoms with E-state index in [-0.39, 0.29) is 11.2 Å². The largest absolute Gasteiger partial charge is 0.319 e. The van der Waals surface area contributed by atoms with E-state index in [0.29, 0.717) is 16.9 Å². The summed E-state index contributed by atoms with van der Waals surface area (Å²) in [6, 6.07) is 13.1. The molecule has 0 heterocycles. The lowest BCUT2D eigenvalue weighted by molar-refractivity contribution is -0.112. The third-order valence-corrected chi connectivity index (χ3v) is 5.32. The minimum absolute atomic E-state index is 0.0337. The minimum atomic E-state index is -3.36. The fourth-order valence-electron chi connectivity index (χ4n) is 2.31. The summed E-state index contributed by atoms with van der Waals surface area (Å²) in [5, 5.41) is 2.52. The van der Waals surface area contributed by atoms with Crippen molar-refractivity contribution in [3.63, 3.8) is 0 Å². The highest BCUT2D eigenvalue weighted by atomic mass is 32.2. The van der Waals surface area contributed by atoms with Crippen molar-refractivity contribution in [2.75, 3.05) is 15.8 Å². The van der Waals surface area contributed by atoms with Crippen molar-refractivity contribution in [1.29, 1.82) is 0 Å². The van der Waals surface area contributed by atoms with Gasteiger partial charge in [0.25, 0.3) is 11.7 Å². The van der Waals surface area contributed by atoms with Crippen LogP contribution in [0.2, 0.25) is 0 Å². The second-order valence-electron chi connectivity index (χ2n) is 7.19. The van der Waals surface area contributed by atoms with Crippen molar-refractivity contribution in [3.8, 4) is 0 Å². The van der Waals surface area contributed by atoms with Crippen LogP contribution >= 0.6 is 0 Å². The molecule has 0 atom stereocenters. The van der Waals surface area contributed by atoms with Gasteiger partial charge in [-0.3, -0.25) is 14.3 Å². The van der Waals surface area contributed by atoms with Gasteiger partial charge in [0, 0.05) is 16.9 Å². The highest BCUT2D eigenvalue weighted by Crippen LogP contribution is 2.22. The number of hydrogen-bond acceptors (Lipinski definition) is 4. The minimum Gasteiger partial charge on any atom is -0.319 e. The number of anilines is 2. The molecular weight excluding hydrogens is 364 g/mol. The Hall–Kier alpha value is -2.67. The number of Topliss-reactive ketones (excluding diaryl/α,β-unsaturated/α-hetero) is 1. The molecular formula is C20H24N2O4S. The number of sulfonamides is 1. The summed E-state index contributed by atoms with van der Waals surface area (Å²) < 4.78 is 25.5. The molecule has 0 spiro atoms. The maximum atomic E-state index is 12.3. The third-order valence-electron chi connectivity index (χ3n) is 4.02. The van der Waals surface area contributed by atoms with Crippen LogP contribution in [0.25, 0.3) is 0 Å². The van der Waals surface area contributed by atoms with Crippen molar-refractivity contribution in [2.24, 2.45) is 0 Å². The Morgan fingerprint density at radius 2 is 1.41 bits per heavy atom. The van der Waals surface area contributed by atoms with Crippen LogP contribution in [0.1, 0.15) is 43.6 Å². The number of carbonyl (C=O) groups is 2. The van der Waals surface area contributed by atoms with Crippen LogP contribution in [0.15, 0.2) is 48.5 Å². The van der Waals surface area contributed by atoms with Gasteiger partial charge in [-0.2, -0.15) is 0 Å². The molecule has 7 heteroatoms. The number of nitrogens with one attached hydrogen (secondary N) is 2. The lowest BCUT2D eigenvalue weighted by atomic mass is 9.86. The zero-order valence-electron chi connectivity index (χ0n) is 15.9. The van der Waals surface area contributed by atoms with Crippen molar-refractivity contribution in [1.82, 2.24) is 0 Å². The highest BCUT2D eigenvalue weighted by Gasteiger charge is 2.18. The van der Waals surface area contributed by atoms with Crippen LogP contribution in [0.3, 0.4) is 0 Å². The Kier molecular flexibility index (Phi) is 6.05. The van der Waals surface area contributed by atoms with E-state index in [1.165, 1.54) is 31.2 Å². The average molecular weight is 388 g/mol. The van der Waals surface area contributed by atoms with Crippen molar-refractivity contribution < 1.29 is 18.0 Å². The molecule has 2 aromatic carbocycles. The molecule has 0 unspecified atom stereocenters. The summed E-state index contributed by atoms with van der Waals surface area (Å²) in [6.07, 6.45) is 0. The van der Waals surface area contributed by atoms with Crippen LogP contribution in [0, 0.1) is 0 Å². The third kappa shape index (κ3) is 5.65. The van der Waals surface area contributed by atoms with E-state index in [1.807, 2.05) is 12.1 Å². The molecule has 1 amide bonds. The zero-order chi connectivity index (χ0) is 20.2. The van der Waals surface area contributed by atoms with Crippen LogP contribution in [0.4, 0.5) is 11.4 Å². The van der Waals surface area contributed by atoms with Gasteiger partial charge >= 0.3 is 0 Å². The molecule has 0 aliphatic carbocycles. The molecule has 0 saturated heterocycles. The number of amides is 1. The Morgan fingerprint density at radius 1 is 0.889 bits per heavy atom. The van der Waals surface area contributed by atoms with E-state index in [9.17, 15) is 18.0 Å². The van der Waals surface area contributed by atoms with Gasteiger partial charge in [-0.1, -0.05) is 45.0 Å². The van der Waals surface area contributed by atoms with Gasteiger partial charge in [-0.15, -0.1) is 0 Å². The quantitative estimate of drug-likeness (QED) is 0.584. The van der Waals surface area contributed by atoms with Gasteiger partial charge in [0.1, 0.15) is 0 Å². The summed E-state index contributed by atoms with van der Waals surface area (Å²) in [7, 11) is -3.36. The lowest BCUT2D eigenvalue weighted by Crippen LogP contribution is -2.23. The zero-order valence-corrected chi connectivity index (χ0v) is 16.7. The van der Waals surface area contributed by atoms with Gasteiger partial charge in [-0.05, 0) is 42.2 Å². The van der Waals surface area contributed by atoms with Crippen molar-refractivity contribution in [3.05, 3.63) is 59.7 Å². The second kappa shape index (κ2) is 7.92. The summed E-state index contributed by atoms with van der Waals surface area (Å²) in [5.74, 6) is -1.42. The summed E-state index contributed by atoms with van der Waals surface area (Å²) in [6.45, 7) is 7.75. The monoisotopic (exact) mass is 388 g/mol. The number of hydrogen-bond donors (Lipinski definition) is 2. The summed E-state index contributed by atoms with van der Waals surface area (Å²) in [5.41, 5.74) is 2.14. The number of ketones is 1. The number of carbonyl (C=O) groups excluding carboxylic acids is 2. The number of rotatable bonds is 6. The first-order valence-electron chi connectivity index (χ1n) is 8.58. The van der Waals surface area contributed by atoms with E-state index >= 15 is 0 Å². The Morgan fingerprint density at radius 3 is 1.89 bits per heavy atom. The number of benzene rings is 2. The predicted molar refractivity (Wildman–Crippen MR) is 108 cm³/mol. The SMILES string of the molecule is CCS(=O)(=O)Nc1ccc(NC(=O)C(=O)c2ccc(C(C)(C)C)cc2)cc1. The Balaban J connectivity index is 2.05. The van der Waals surface area contributed by atoms with E-state index < -0.39 is 21.7 Å². The maximum absolute atomic E-state index is 12.3. The lowest BCUT2D eigenvalue weighted by Gasteiger charge is -2.18. The highest BCUT2D eigenvalue weighted by molar-refractivity contribution is 7.92. The first kappa shape index (κ1) is 20.6. The Bertz CT molecular complexity index is 925. The molecule has 0 radical (unpaired) electrons. The standard InChI is InChI=1S/C20H24N2O4S/c1-5-27(25,26)22-17-12-10-16(11-13-17)21-19(24)18(23)14-6-8-15(9-7-14)20(2,3)4/h6-13,22H,5H2,1-4H3,(H,21,24). The van der Waals surface area contributed by atoms with Crippen molar-refractivity contribution >= 4 is 33.1 Å². The van der Waals surface area contributed by atoms with E-state index in [4.69, 9.17) is 0 Å². The first-order chi connectivity index (χ1) is 12.5. The van der Waals surface area contributed by atoms with E-state index in [2.05, 4.69) is 30.8 Å². The average Bonchev–Trinajstić information content (AvgIpc) is 2.62. The molecule has 0 fully saturated rings. The molecule has 0 aliphatic rings. The molecule has 27 heavy (non-hydrogen) atoms. The van der Waals surface area contributed by atoms with Crippen LogP contribution in [-0.4, -0.2) is 25.9 Å². The fourth-order valence-corrected chi connectivity index (χ4v) is 2.95. The first-order valence-corrected chi connectivity index (χ1v) is 10.2. The second-order valence-corrected chi connectivity index (χ2v) is 9.20. The molecule has 2 rings (SSSR count). The van der Waals surface area contributed by atoms with Gasteiger partial charge in [0.2, 0.25) is 10.0 Å². The molecule has 2 N–H and O–H groups in total. The maximum Gasteiger partial charge on any atom is 0.296 e. The topological polar surface area (TPSA) is 92.3 Å². The molecule has 144 valence electrons. The normalized spacial score (nSPS) is 11.7. The molecule has 0 bridgehead atoms. The Labute approximate surface area is 160 Å². The smallest absolute Gasteiger partial charge is 0.296 e. The fraction of sp³-hybridized carbons (Fsp3) is 0.300. The van der Waals surface area contributed by atoms with Crippen LogP contribution < -0.4 is 10.0 Å². The van der Waals surface area contributed by atoms with Crippen molar-refractivity contribution in [2.45, 2.75) is 33.1 Å². The van der Waals surface area contributed by atoms with E-state index in [0.717, 1.165) is 5.56 Å². The van der Waals surface area contributed by atoms with E-state index in [1.54, 1.807) is 12.1 Å². The molecule has 6 nitrogen and oxygen atoms in total. The van der Waals surface area contributed by atoms with Crippen LogP contribution in [0.5, 0.6) is 0 Å². The summed E-state index contributed by atoms with van der Waals surface area (Å²) >= 11 is 0. The van der Waals surface area contributed by atoms with Crippen LogP contribution in [-0.2, 0) is 20.2 Å². The predicted octanol–water partition coefficient (Wildman–Crippen LogP) is 3.57. The molecule has 2 aromatic rings. The van der Waals surface area contributed by atoms with Gasteiger partial charge in [0.15, 0.2) is 0 Å².